The Labute approximate surface area is 132 Å². The average Bonchev–Trinajstić information content (AvgIpc) is 2.89. The molecule has 6 heteroatoms. The number of fused-ring (bicyclic) bond motifs is 1. The number of rotatable bonds is 2. The molecule has 1 N–H and O–H groups in total. The molecule has 0 radical (unpaired) electrons. The summed E-state index contributed by atoms with van der Waals surface area (Å²) in [4.78, 5) is 18.8. The Morgan fingerprint density at radius 1 is 1.35 bits per heavy atom. The summed E-state index contributed by atoms with van der Waals surface area (Å²) in [5.41, 5.74) is 3.01. The largest absolute Gasteiger partial charge is 0.331 e. The van der Waals surface area contributed by atoms with Crippen molar-refractivity contribution in [1.82, 2.24) is 20.1 Å². The second kappa shape index (κ2) is 5.15. The van der Waals surface area contributed by atoms with E-state index in [4.69, 9.17) is 0 Å². The maximum Gasteiger partial charge on any atom is 0.255 e. The predicted octanol–water partition coefficient (Wildman–Crippen LogP) is 2.99. The summed E-state index contributed by atoms with van der Waals surface area (Å²) < 4.78 is 13.1. The number of nitrogens with zero attached hydrogens (tertiary/aromatic N) is 3. The smallest absolute Gasteiger partial charge is 0.255 e. The van der Waals surface area contributed by atoms with E-state index in [0.717, 1.165) is 23.1 Å². The Hall–Kier alpha value is -2.76. The molecule has 116 valence electrons. The molecule has 2 aromatic heterocycles. The van der Waals surface area contributed by atoms with Gasteiger partial charge >= 0.3 is 0 Å². The Morgan fingerprint density at radius 2 is 2.13 bits per heavy atom. The molecule has 1 aliphatic rings. The molecule has 1 atom stereocenters. The normalized spacial score (nSPS) is 17.3. The Morgan fingerprint density at radius 3 is 2.83 bits per heavy atom. The van der Waals surface area contributed by atoms with E-state index >= 15 is 0 Å². The van der Waals surface area contributed by atoms with Crippen LogP contribution in [0.2, 0.25) is 0 Å². The Kier molecular flexibility index (Phi) is 3.11. The topological polar surface area (TPSA) is 61.9 Å². The first kappa shape index (κ1) is 13.9. The van der Waals surface area contributed by atoms with Crippen LogP contribution in [-0.4, -0.2) is 32.5 Å². The molecular weight excluding hydrogens is 295 g/mol. The Balaban J connectivity index is 1.62. The summed E-state index contributed by atoms with van der Waals surface area (Å²) in [6.45, 7) is 2.60. The highest BCUT2D eigenvalue weighted by molar-refractivity contribution is 5.97. The van der Waals surface area contributed by atoms with Crippen LogP contribution in [0.1, 0.15) is 34.1 Å². The third kappa shape index (κ3) is 2.27. The number of carbonyl (C=O) groups is 1. The van der Waals surface area contributed by atoms with E-state index in [-0.39, 0.29) is 17.8 Å². The van der Waals surface area contributed by atoms with E-state index in [1.165, 1.54) is 12.1 Å². The van der Waals surface area contributed by atoms with Crippen molar-refractivity contribution < 1.29 is 9.18 Å². The molecule has 1 saturated heterocycles. The lowest BCUT2D eigenvalue weighted by Crippen LogP contribution is -2.45. The van der Waals surface area contributed by atoms with Crippen molar-refractivity contribution in [3.63, 3.8) is 0 Å². The van der Waals surface area contributed by atoms with Gasteiger partial charge in [-0.25, -0.2) is 9.37 Å². The zero-order valence-corrected chi connectivity index (χ0v) is 12.6. The van der Waals surface area contributed by atoms with Crippen molar-refractivity contribution in [2.75, 3.05) is 6.54 Å². The maximum atomic E-state index is 13.1. The number of benzene rings is 1. The van der Waals surface area contributed by atoms with Gasteiger partial charge in [0.25, 0.3) is 5.91 Å². The van der Waals surface area contributed by atoms with Gasteiger partial charge < -0.3 is 4.90 Å². The van der Waals surface area contributed by atoms with Crippen LogP contribution in [0.25, 0.3) is 11.0 Å². The summed E-state index contributed by atoms with van der Waals surface area (Å²) in [5.74, 6) is -0.323. The number of pyridine rings is 1. The van der Waals surface area contributed by atoms with Crippen LogP contribution < -0.4 is 0 Å². The minimum atomic E-state index is -0.268. The van der Waals surface area contributed by atoms with Gasteiger partial charge in [-0.05, 0) is 37.1 Å². The van der Waals surface area contributed by atoms with E-state index in [1.807, 2.05) is 13.0 Å². The molecule has 4 rings (SSSR count). The second-order valence-corrected chi connectivity index (χ2v) is 5.80. The van der Waals surface area contributed by atoms with Crippen LogP contribution in [0.4, 0.5) is 4.39 Å². The fraction of sp³-hybridized carbons (Fsp3) is 0.235. The van der Waals surface area contributed by atoms with Gasteiger partial charge in [-0.2, -0.15) is 5.10 Å². The number of aryl methyl sites for hydroxylation is 1. The quantitative estimate of drug-likeness (QED) is 0.791. The molecule has 0 spiro atoms. The highest BCUT2D eigenvalue weighted by Crippen LogP contribution is 2.34. The third-order valence-corrected chi connectivity index (χ3v) is 4.38. The number of halogens is 1. The number of hydrogen-bond acceptors (Lipinski definition) is 3. The number of likely N-dealkylation sites (tertiary alicyclic amines) is 1. The number of aromatic nitrogens is 3. The number of H-pyrrole nitrogens is 1. The lowest BCUT2D eigenvalue weighted by Gasteiger charge is -2.41. The van der Waals surface area contributed by atoms with Crippen molar-refractivity contribution in [2.24, 2.45) is 0 Å². The van der Waals surface area contributed by atoms with Crippen molar-refractivity contribution in [2.45, 2.75) is 19.4 Å². The number of carbonyl (C=O) groups excluding carboxylic acids is 1. The monoisotopic (exact) mass is 310 g/mol. The van der Waals surface area contributed by atoms with Gasteiger partial charge in [0.05, 0.1) is 11.6 Å². The molecule has 1 aliphatic heterocycles. The fourth-order valence-electron chi connectivity index (χ4n) is 2.96. The second-order valence-electron chi connectivity index (χ2n) is 5.80. The molecule has 23 heavy (non-hydrogen) atoms. The SMILES string of the molecule is Cc1[nH]nc2ncc(C(=O)N3CC[C@@H]3c3ccc(F)cc3)cc12. The van der Waals surface area contributed by atoms with Gasteiger partial charge in [-0.1, -0.05) is 12.1 Å². The maximum absolute atomic E-state index is 13.1. The summed E-state index contributed by atoms with van der Waals surface area (Å²) >= 11 is 0. The van der Waals surface area contributed by atoms with Gasteiger partial charge in [0.15, 0.2) is 5.65 Å². The standard InChI is InChI=1S/C17H15FN4O/c1-10-14-8-12(9-19-16(14)21-20-10)17(23)22-7-6-15(22)11-2-4-13(18)5-3-11/h2-5,8-9,15H,6-7H2,1H3,(H,19,20,21)/t15-/m1/s1. The summed E-state index contributed by atoms with van der Waals surface area (Å²) in [5, 5.41) is 7.80. The number of aromatic amines is 1. The predicted molar refractivity (Wildman–Crippen MR) is 83.4 cm³/mol. The zero-order chi connectivity index (χ0) is 16.0. The van der Waals surface area contributed by atoms with Crippen LogP contribution in [0.5, 0.6) is 0 Å². The van der Waals surface area contributed by atoms with Crippen LogP contribution in [-0.2, 0) is 0 Å². The van der Waals surface area contributed by atoms with Gasteiger partial charge in [-0.3, -0.25) is 9.89 Å². The van der Waals surface area contributed by atoms with Crippen molar-refractivity contribution in [3.8, 4) is 0 Å². The molecule has 1 aromatic carbocycles. The van der Waals surface area contributed by atoms with Crippen LogP contribution >= 0.6 is 0 Å². The van der Waals surface area contributed by atoms with Crippen LogP contribution in [0.15, 0.2) is 36.5 Å². The van der Waals surface area contributed by atoms with Gasteiger partial charge in [0, 0.05) is 23.8 Å². The van der Waals surface area contributed by atoms with E-state index in [0.29, 0.717) is 17.8 Å². The van der Waals surface area contributed by atoms with E-state index in [2.05, 4.69) is 15.2 Å². The minimum absolute atomic E-state index is 0.00393. The minimum Gasteiger partial charge on any atom is -0.331 e. The van der Waals surface area contributed by atoms with Crippen molar-refractivity contribution >= 4 is 16.9 Å². The highest BCUT2D eigenvalue weighted by Gasteiger charge is 2.34. The van der Waals surface area contributed by atoms with Crippen LogP contribution in [0.3, 0.4) is 0 Å². The molecule has 0 bridgehead atoms. The van der Waals surface area contributed by atoms with Crippen LogP contribution in [0, 0.1) is 12.7 Å². The van der Waals surface area contributed by atoms with Gasteiger partial charge in [0.2, 0.25) is 0 Å². The summed E-state index contributed by atoms with van der Waals surface area (Å²) in [6, 6.07) is 8.16. The average molecular weight is 310 g/mol. The third-order valence-electron chi connectivity index (χ3n) is 4.38. The number of hydrogen-bond donors (Lipinski definition) is 1. The van der Waals surface area contributed by atoms with Gasteiger partial charge in [-0.15, -0.1) is 0 Å². The lowest BCUT2D eigenvalue weighted by atomic mass is 9.94. The first-order chi connectivity index (χ1) is 11.1. The molecule has 1 amide bonds. The first-order valence-electron chi connectivity index (χ1n) is 7.50. The summed E-state index contributed by atoms with van der Waals surface area (Å²) in [7, 11) is 0. The summed E-state index contributed by atoms with van der Waals surface area (Å²) in [6.07, 6.45) is 2.45. The fourth-order valence-corrected chi connectivity index (χ4v) is 2.96. The number of amides is 1. The van der Waals surface area contributed by atoms with Crippen molar-refractivity contribution in [1.29, 1.82) is 0 Å². The van der Waals surface area contributed by atoms with E-state index in [9.17, 15) is 9.18 Å². The molecule has 0 aliphatic carbocycles. The molecule has 0 saturated carbocycles. The Bertz CT molecular complexity index is 887. The van der Waals surface area contributed by atoms with E-state index in [1.54, 1.807) is 23.2 Å². The molecule has 3 heterocycles. The van der Waals surface area contributed by atoms with Crippen molar-refractivity contribution in [3.05, 3.63) is 59.2 Å². The lowest BCUT2D eigenvalue weighted by molar-refractivity contribution is 0.0460. The highest BCUT2D eigenvalue weighted by atomic mass is 19.1. The van der Waals surface area contributed by atoms with Gasteiger partial charge in [0.1, 0.15) is 5.82 Å². The first-order valence-corrected chi connectivity index (χ1v) is 7.50. The molecule has 0 unspecified atom stereocenters. The zero-order valence-electron chi connectivity index (χ0n) is 12.6. The molecule has 3 aromatic rings. The molecular formula is C17H15FN4O. The van der Waals surface area contributed by atoms with E-state index < -0.39 is 0 Å². The molecule has 5 nitrogen and oxygen atoms in total. The molecule has 1 fully saturated rings. The number of nitrogens with one attached hydrogen (secondary N) is 1.